The van der Waals surface area contributed by atoms with E-state index in [-0.39, 0.29) is 22.6 Å². The van der Waals surface area contributed by atoms with Gasteiger partial charge in [-0.3, -0.25) is 4.79 Å². The standard InChI is InChI=1S/C19H25N3O3S/c1-4-26(24,25)16-8-5-14(6-9-16)12-21-19(23)15-7-10-18(17(20)11-15)22-13(2)3/h5-11,13,22H,4,12,20H2,1-3H3,(H,21,23). The van der Waals surface area contributed by atoms with Gasteiger partial charge < -0.3 is 16.4 Å². The summed E-state index contributed by atoms with van der Waals surface area (Å²) in [5.74, 6) is -0.176. The second kappa shape index (κ2) is 8.23. The summed E-state index contributed by atoms with van der Waals surface area (Å²) in [6.45, 7) is 5.93. The summed E-state index contributed by atoms with van der Waals surface area (Å²) in [6.07, 6.45) is 0. The number of sulfone groups is 1. The fourth-order valence-electron chi connectivity index (χ4n) is 2.41. The van der Waals surface area contributed by atoms with Gasteiger partial charge in [0.05, 0.1) is 22.0 Å². The lowest BCUT2D eigenvalue weighted by Crippen LogP contribution is -2.23. The first kappa shape index (κ1) is 19.8. The van der Waals surface area contributed by atoms with Gasteiger partial charge in [0, 0.05) is 18.2 Å². The molecule has 4 N–H and O–H groups in total. The lowest BCUT2D eigenvalue weighted by atomic mass is 10.1. The first-order chi connectivity index (χ1) is 12.2. The van der Waals surface area contributed by atoms with Crippen LogP contribution in [0.15, 0.2) is 47.4 Å². The van der Waals surface area contributed by atoms with Gasteiger partial charge in [-0.05, 0) is 49.7 Å². The Morgan fingerprint density at radius 3 is 2.31 bits per heavy atom. The molecule has 1 amide bonds. The van der Waals surface area contributed by atoms with Crippen molar-refractivity contribution in [3.05, 3.63) is 53.6 Å². The molecule has 0 unspecified atom stereocenters. The topological polar surface area (TPSA) is 101 Å². The SMILES string of the molecule is CCS(=O)(=O)c1ccc(CNC(=O)c2ccc(NC(C)C)c(N)c2)cc1. The Balaban J connectivity index is 2.01. The molecule has 0 bridgehead atoms. The van der Waals surface area contributed by atoms with Crippen molar-refractivity contribution in [2.75, 3.05) is 16.8 Å². The Kier molecular flexibility index (Phi) is 6.26. The van der Waals surface area contributed by atoms with Gasteiger partial charge in [-0.1, -0.05) is 19.1 Å². The van der Waals surface area contributed by atoms with Gasteiger partial charge in [0.1, 0.15) is 0 Å². The summed E-state index contributed by atoms with van der Waals surface area (Å²) in [5.41, 5.74) is 8.59. The molecule has 0 saturated carbocycles. The van der Waals surface area contributed by atoms with E-state index in [1.165, 1.54) is 0 Å². The third kappa shape index (κ3) is 4.98. The number of nitrogens with two attached hydrogens (primary N) is 1. The van der Waals surface area contributed by atoms with E-state index < -0.39 is 9.84 Å². The highest BCUT2D eigenvalue weighted by molar-refractivity contribution is 7.91. The molecule has 0 fully saturated rings. The van der Waals surface area contributed by atoms with E-state index in [1.54, 1.807) is 49.4 Å². The van der Waals surface area contributed by atoms with E-state index in [1.807, 2.05) is 13.8 Å². The van der Waals surface area contributed by atoms with Crippen LogP contribution in [0.2, 0.25) is 0 Å². The Labute approximate surface area is 154 Å². The molecule has 0 saturated heterocycles. The zero-order chi connectivity index (χ0) is 19.3. The van der Waals surface area contributed by atoms with Crippen LogP contribution in [0.1, 0.15) is 36.7 Å². The number of benzene rings is 2. The fraction of sp³-hybridized carbons (Fsp3) is 0.316. The van der Waals surface area contributed by atoms with Crippen molar-refractivity contribution in [2.24, 2.45) is 0 Å². The third-order valence-electron chi connectivity index (χ3n) is 3.87. The smallest absolute Gasteiger partial charge is 0.251 e. The van der Waals surface area contributed by atoms with E-state index in [2.05, 4.69) is 10.6 Å². The highest BCUT2D eigenvalue weighted by atomic mass is 32.2. The molecule has 6 nitrogen and oxygen atoms in total. The highest BCUT2D eigenvalue weighted by Gasteiger charge is 2.12. The van der Waals surface area contributed by atoms with Gasteiger partial charge in [-0.25, -0.2) is 8.42 Å². The normalized spacial score (nSPS) is 11.4. The van der Waals surface area contributed by atoms with Crippen LogP contribution in [-0.4, -0.2) is 26.1 Å². The number of nitrogens with one attached hydrogen (secondary N) is 2. The number of carbonyl (C=O) groups is 1. The fourth-order valence-corrected chi connectivity index (χ4v) is 3.30. The molecule has 0 aromatic heterocycles. The molecule has 7 heteroatoms. The van der Waals surface area contributed by atoms with E-state index in [0.29, 0.717) is 17.8 Å². The number of carbonyl (C=O) groups excluding carboxylic acids is 1. The van der Waals surface area contributed by atoms with Gasteiger partial charge in [0.2, 0.25) is 0 Å². The van der Waals surface area contributed by atoms with Crippen LogP contribution >= 0.6 is 0 Å². The van der Waals surface area contributed by atoms with Crippen molar-refractivity contribution in [1.82, 2.24) is 5.32 Å². The molecule has 2 aromatic carbocycles. The molecule has 0 aliphatic carbocycles. The minimum Gasteiger partial charge on any atom is -0.397 e. The van der Waals surface area contributed by atoms with Crippen molar-refractivity contribution >= 4 is 27.1 Å². The minimum atomic E-state index is -3.21. The largest absolute Gasteiger partial charge is 0.397 e. The third-order valence-corrected chi connectivity index (χ3v) is 5.62. The number of rotatable bonds is 7. The van der Waals surface area contributed by atoms with Gasteiger partial charge in [-0.15, -0.1) is 0 Å². The summed E-state index contributed by atoms with van der Waals surface area (Å²) in [7, 11) is -3.21. The molecular formula is C19H25N3O3S. The van der Waals surface area contributed by atoms with E-state index in [0.717, 1.165) is 11.3 Å². The Bertz CT molecular complexity index is 875. The number of amides is 1. The van der Waals surface area contributed by atoms with Gasteiger partial charge in [-0.2, -0.15) is 0 Å². The van der Waals surface area contributed by atoms with Crippen LogP contribution < -0.4 is 16.4 Å². The van der Waals surface area contributed by atoms with Crippen molar-refractivity contribution in [3.63, 3.8) is 0 Å². The molecular weight excluding hydrogens is 350 g/mol. The number of nitrogen functional groups attached to an aromatic ring is 1. The van der Waals surface area contributed by atoms with Crippen LogP contribution in [0.3, 0.4) is 0 Å². The second-order valence-electron chi connectivity index (χ2n) is 6.33. The summed E-state index contributed by atoms with van der Waals surface area (Å²) < 4.78 is 23.6. The van der Waals surface area contributed by atoms with Gasteiger partial charge in [0.15, 0.2) is 9.84 Å². The summed E-state index contributed by atoms with van der Waals surface area (Å²) >= 11 is 0. The minimum absolute atomic E-state index is 0.0617. The summed E-state index contributed by atoms with van der Waals surface area (Å²) in [4.78, 5) is 12.6. The molecule has 0 heterocycles. The van der Waals surface area contributed by atoms with Crippen molar-refractivity contribution in [1.29, 1.82) is 0 Å². The summed E-state index contributed by atoms with van der Waals surface area (Å²) in [6, 6.07) is 11.9. The van der Waals surface area contributed by atoms with Crippen molar-refractivity contribution in [3.8, 4) is 0 Å². The summed E-state index contributed by atoms with van der Waals surface area (Å²) in [5, 5.41) is 6.02. The van der Waals surface area contributed by atoms with Crippen LogP contribution in [0.25, 0.3) is 0 Å². The molecule has 0 aliphatic rings. The Hall–Kier alpha value is -2.54. The van der Waals surface area contributed by atoms with Crippen LogP contribution in [0, 0.1) is 0 Å². The van der Waals surface area contributed by atoms with Gasteiger partial charge >= 0.3 is 0 Å². The lowest BCUT2D eigenvalue weighted by Gasteiger charge is -2.13. The van der Waals surface area contributed by atoms with Crippen LogP contribution in [-0.2, 0) is 16.4 Å². The quantitative estimate of drug-likeness (QED) is 0.646. The molecule has 0 aliphatic heterocycles. The number of hydrogen-bond donors (Lipinski definition) is 3. The molecule has 0 spiro atoms. The van der Waals surface area contributed by atoms with Crippen LogP contribution in [0.4, 0.5) is 11.4 Å². The second-order valence-corrected chi connectivity index (χ2v) is 8.61. The number of anilines is 2. The van der Waals surface area contributed by atoms with Crippen molar-refractivity contribution < 1.29 is 13.2 Å². The molecule has 140 valence electrons. The van der Waals surface area contributed by atoms with E-state index in [9.17, 15) is 13.2 Å². The molecule has 2 rings (SSSR count). The maximum atomic E-state index is 12.3. The highest BCUT2D eigenvalue weighted by Crippen LogP contribution is 2.21. The van der Waals surface area contributed by atoms with Crippen LogP contribution in [0.5, 0.6) is 0 Å². The zero-order valence-corrected chi connectivity index (χ0v) is 16.1. The predicted molar refractivity (Wildman–Crippen MR) is 105 cm³/mol. The first-order valence-electron chi connectivity index (χ1n) is 8.49. The Morgan fingerprint density at radius 1 is 1.12 bits per heavy atom. The zero-order valence-electron chi connectivity index (χ0n) is 15.2. The predicted octanol–water partition coefficient (Wildman–Crippen LogP) is 2.81. The maximum Gasteiger partial charge on any atom is 0.251 e. The Morgan fingerprint density at radius 2 is 1.77 bits per heavy atom. The lowest BCUT2D eigenvalue weighted by molar-refractivity contribution is 0.0951. The average molecular weight is 375 g/mol. The van der Waals surface area contributed by atoms with E-state index >= 15 is 0 Å². The first-order valence-corrected chi connectivity index (χ1v) is 10.1. The average Bonchev–Trinajstić information content (AvgIpc) is 2.61. The monoisotopic (exact) mass is 375 g/mol. The molecule has 0 atom stereocenters. The van der Waals surface area contributed by atoms with E-state index in [4.69, 9.17) is 5.73 Å². The maximum absolute atomic E-state index is 12.3. The molecule has 0 radical (unpaired) electrons. The van der Waals surface area contributed by atoms with Gasteiger partial charge in [0.25, 0.3) is 5.91 Å². The molecule has 26 heavy (non-hydrogen) atoms. The van der Waals surface area contributed by atoms with Crippen molar-refractivity contribution in [2.45, 2.75) is 38.3 Å². The molecule has 2 aromatic rings. The number of hydrogen-bond acceptors (Lipinski definition) is 5.